The number of anilines is 1. The predicted octanol–water partition coefficient (Wildman–Crippen LogP) is 4.64. The Morgan fingerprint density at radius 1 is 0.826 bits per heavy atom. The molecule has 8 heteroatoms. The molecule has 3 nitrogen and oxygen atoms in total. The second-order valence-corrected chi connectivity index (χ2v) is 4.40. The van der Waals surface area contributed by atoms with E-state index in [0.29, 0.717) is 5.69 Å². The highest BCUT2D eigenvalue weighted by Crippen LogP contribution is 2.33. The molecular formula is C15H12F5NO2. The van der Waals surface area contributed by atoms with Crippen molar-refractivity contribution in [2.24, 2.45) is 0 Å². The van der Waals surface area contributed by atoms with Gasteiger partial charge in [-0.15, -0.1) is 0 Å². The molecule has 0 fully saturated rings. The van der Waals surface area contributed by atoms with E-state index in [0.717, 1.165) is 17.7 Å². The smallest absolute Gasteiger partial charge is 0.387 e. The molecule has 0 radical (unpaired) electrons. The van der Waals surface area contributed by atoms with Crippen LogP contribution >= 0.6 is 0 Å². The summed E-state index contributed by atoms with van der Waals surface area (Å²) in [6, 6.07) is 9.24. The number of halogens is 5. The van der Waals surface area contributed by atoms with Crippen LogP contribution in [-0.4, -0.2) is 13.2 Å². The minimum absolute atomic E-state index is 0.281. The fourth-order valence-electron chi connectivity index (χ4n) is 1.81. The third-order valence-electron chi connectivity index (χ3n) is 2.79. The van der Waals surface area contributed by atoms with Gasteiger partial charge in [0.15, 0.2) is 11.5 Å². The van der Waals surface area contributed by atoms with Gasteiger partial charge in [-0.3, -0.25) is 0 Å². The van der Waals surface area contributed by atoms with E-state index in [1.807, 2.05) is 0 Å². The van der Waals surface area contributed by atoms with Gasteiger partial charge in [-0.2, -0.15) is 17.6 Å². The molecular weight excluding hydrogens is 321 g/mol. The van der Waals surface area contributed by atoms with Crippen molar-refractivity contribution in [1.29, 1.82) is 0 Å². The molecule has 0 aromatic heterocycles. The van der Waals surface area contributed by atoms with Crippen LogP contribution in [0.2, 0.25) is 0 Å². The summed E-state index contributed by atoms with van der Waals surface area (Å²) in [5.74, 6) is -1.38. The summed E-state index contributed by atoms with van der Waals surface area (Å²) in [6.07, 6.45) is 0. The van der Waals surface area contributed by atoms with Crippen LogP contribution in [0.3, 0.4) is 0 Å². The monoisotopic (exact) mass is 333 g/mol. The number of benzene rings is 2. The average Bonchev–Trinajstić information content (AvgIpc) is 2.48. The van der Waals surface area contributed by atoms with E-state index in [1.165, 1.54) is 18.2 Å². The number of alkyl halides is 4. The Balaban J connectivity index is 2.10. The molecule has 2 aromatic rings. The van der Waals surface area contributed by atoms with Crippen molar-refractivity contribution < 1.29 is 31.4 Å². The van der Waals surface area contributed by atoms with Gasteiger partial charge in [-0.05, 0) is 29.8 Å². The second-order valence-electron chi connectivity index (χ2n) is 4.40. The summed E-state index contributed by atoms with van der Waals surface area (Å²) in [6.45, 7) is -6.06. The van der Waals surface area contributed by atoms with E-state index in [9.17, 15) is 22.0 Å². The average molecular weight is 333 g/mol. The maximum atomic E-state index is 12.8. The first kappa shape index (κ1) is 16.9. The van der Waals surface area contributed by atoms with Crippen LogP contribution in [0.1, 0.15) is 5.56 Å². The lowest BCUT2D eigenvalue weighted by molar-refractivity contribution is -0.0691. The van der Waals surface area contributed by atoms with Crippen molar-refractivity contribution in [3.05, 3.63) is 53.8 Å². The van der Waals surface area contributed by atoms with Gasteiger partial charge >= 0.3 is 13.2 Å². The zero-order chi connectivity index (χ0) is 16.8. The van der Waals surface area contributed by atoms with E-state index in [1.54, 1.807) is 12.1 Å². The van der Waals surface area contributed by atoms with Crippen LogP contribution in [-0.2, 0) is 6.54 Å². The third-order valence-corrected chi connectivity index (χ3v) is 2.79. The number of nitrogens with one attached hydrogen (secondary N) is 1. The van der Waals surface area contributed by atoms with E-state index in [4.69, 9.17) is 0 Å². The molecule has 0 bridgehead atoms. The Labute approximate surface area is 128 Å². The van der Waals surface area contributed by atoms with Crippen LogP contribution in [0.4, 0.5) is 27.6 Å². The lowest BCUT2D eigenvalue weighted by Gasteiger charge is -2.14. The lowest BCUT2D eigenvalue weighted by Crippen LogP contribution is -2.08. The van der Waals surface area contributed by atoms with Crippen molar-refractivity contribution in [3.8, 4) is 11.5 Å². The minimum Gasteiger partial charge on any atom is -0.431 e. The fraction of sp³-hybridized carbons (Fsp3) is 0.200. The zero-order valence-corrected chi connectivity index (χ0v) is 11.6. The van der Waals surface area contributed by atoms with Gasteiger partial charge in [0.1, 0.15) is 5.82 Å². The minimum atomic E-state index is -3.18. The highest BCUT2D eigenvalue weighted by atomic mass is 19.3. The summed E-state index contributed by atoms with van der Waals surface area (Å²) >= 11 is 0. The number of hydrogen-bond donors (Lipinski definition) is 1. The molecule has 1 N–H and O–H groups in total. The molecule has 0 aliphatic rings. The number of hydrogen-bond acceptors (Lipinski definition) is 3. The molecule has 0 heterocycles. The first-order chi connectivity index (χ1) is 10.9. The summed E-state index contributed by atoms with van der Waals surface area (Å²) in [5, 5.41) is 2.88. The fourth-order valence-corrected chi connectivity index (χ4v) is 1.81. The largest absolute Gasteiger partial charge is 0.431 e. The van der Waals surface area contributed by atoms with E-state index >= 15 is 0 Å². The number of rotatable bonds is 7. The quantitative estimate of drug-likeness (QED) is 0.749. The Kier molecular flexibility index (Phi) is 5.61. The molecule has 0 saturated heterocycles. The van der Waals surface area contributed by atoms with Crippen LogP contribution in [0.5, 0.6) is 11.5 Å². The molecule has 0 amide bonds. The van der Waals surface area contributed by atoms with Crippen molar-refractivity contribution in [2.45, 2.75) is 19.8 Å². The molecule has 23 heavy (non-hydrogen) atoms. The highest BCUT2D eigenvalue weighted by Gasteiger charge is 2.15. The Morgan fingerprint density at radius 2 is 1.43 bits per heavy atom. The zero-order valence-electron chi connectivity index (χ0n) is 11.6. The van der Waals surface area contributed by atoms with Crippen LogP contribution in [0.15, 0.2) is 42.5 Å². The Hall–Kier alpha value is -2.51. The molecule has 0 spiro atoms. The van der Waals surface area contributed by atoms with E-state index in [-0.39, 0.29) is 12.4 Å². The van der Waals surface area contributed by atoms with Crippen LogP contribution in [0.25, 0.3) is 0 Å². The maximum Gasteiger partial charge on any atom is 0.387 e. The predicted molar refractivity (Wildman–Crippen MR) is 73.4 cm³/mol. The first-order valence-electron chi connectivity index (χ1n) is 6.46. The molecule has 2 aromatic carbocycles. The van der Waals surface area contributed by atoms with Gasteiger partial charge in [0.25, 0.3) is 0 Å². The second kappa shape index (κ2) is 7.66. The summed E-state index contributed by atoms with van der Waals surface area (Å²) in [4.78, 5) is 0. The lowest BCUT2D eigenvalue weighted by atomic mass is 10.2. The van der Waals surface area contributed by atoms with E-state index < -0.39 is 24.7 Å². The van der Waals surface area contributed by atoms with Gasteiger partial charge in [0.2, 0.25) is 0 Å². The van der Waals surface area contributed by atoms with E-state index in [2.05, 4.69) is 14.8 Å². The summed E-state index contributed by atoms with van der Waals surface area (Å²) < 4.78 is 70.2. The van der Waals surface area contributed by atoms with Crippen LogP contribution in [0, 0.1) is 5.82 Å². The third kappa shape index (κ3) is 5.32. The van der Waals surface area contributed by atoms with Crippen molar-refractivity contribution in [1.82, 2.24) is 0 Å². The molecule has 0 aliphatic heterocycles. The van der Waals surface area contributed by atoms with Gasteiger partial charge in [-0.25, -0.2) is 4.39 Å². The standard InChI is InChI=1S/C15H12F5NO2/c16-10-3-1-9(2-4-10)8-21-11-5-6-12(22-14(17)18)13(7-11)23-15(19)20/h1-7,14-15,21H,8H2. The topological polar surface area (TPSA) is 30.5 Å². The van der Waals surface area contributed by atoms with Crippen LogP contribution < -0.4 is 14.8 Å². The van der Waals surface area contributed by atoms with Gasteiger partial charge in [0, 0.05) is 18.3 Å². The molecule has 0 saturated carbocycles. The molecule has 0 unspecified atom stereocenters. The van der Waals surface area contributed by atoms with Crippen molar-refractivity contribution >= 4 is 5.69 Å². The van der Waals surface area contributed by atoms with Gasteiger partial charge in [-0.1, -0.05) is 12.1 Å². The van der Waals surface area contributed by atoms with Crippen molar-refractivity contribution in [2.75, 3.05) is 5.32 Å². The highest BCUT2D eigenvalue weighted by molar-refractivity contribution is 5.55. The number of ether oxygens (including phenoxy) is 2. The van der Waals surface area contributed by atoms with Crippen molar-refractivity contribution in [3.63, 3.8) is 0 Å². The maximum absolute atomic E-state index is 12.8. The summed E-state index contributed by atoms with van der Waals surface area (Å²) in [5.41, 5.74) is 1.10. The molecule has 0 aliphatic carbocycles. The van der Waals surface area contributed by atoms with Gasteiger partial charge < -0.3 is 14.8 Å². The summed E-state index contributed by atoms with van der Waals surface area (Å²) in [7, 11) is 0. The van der Waals surface area contributed by atoms with Gasteiger partial charge in [0.05, 0.1) is 0 Å². The first-order valence-corrected chi connectivity index (χ1v) is 6.46. The normalized spacial score (nSPS) is 10.9. The SMILES string of the molecule is Fc1ccc(CNc2ccc(OC(F)F)c(OC(F)F)c2)cc1. The molecule has 2 rings (SSSR count). The molecule has 0 atom stereocenters. The Bertz CT molecular complexity index is 634. The Morgan fingerprint density at radius 3 is 2.04 bits per heavy atom. The molecule has 124 valence electrons.